The summed E-state index contributed by atoms with van der Waals surface area (Å²) in [5.74, 6) is -2.31. The Bertz CT molecular complexity index is 851. The van der Waals surface area contributed by atoms with E-state index in [9.17, 15) is 18.8 Å². The Kier molecular flexibility index (Phi) is 3.75. The summed E-state index contributed by atoms with van der Waals surface area (Å²) in [6.45, 7) is 0.148. The normalized spacial score (nSPS) is 20.4. The third kappa shape index (κ3) is 2.99. The van der Waals surface area contributed by atoms with Gasteiger partial charge in [0.25, 0.3) is 5.91 Å². The minimum atomic E-state index is -0.974. The van der Waals surface area contributed by atoms with Gasteiger partial charge in [0.1, 0.15) is 17.5 Å². The second-order valence-electron chi connectivity index (χ2n) is 6.54. The van der Waals surface area contributed by atoms with Crippen molar-refractivity contribution in [3.63, 3.8) is 0 Å². The van der Waals surface area contributed by atoms with Crippen LogP contribution in [0.1, 0.15) is 34.7 Å². The van der Waals surface area contributed by atoms with Crippen LogP contribution in [-0.4, -0.2) is 35.0 Å². The molecule has 1 saturated carbocycles. The van der Waals surface area contributed by atoms with E-state index in [1.54, 1.807) is 18.2 Å². The van der Waals surface area contributed by atoms with Crippen LogP contribution in [0.2, 0.25) is 0 Å². The zero-order valence-corrected chi connectivity index (χ0v) is 13.4. The summed E-state index contributed by atoms with van der Waals surface area (Å²) >= 11 is 0. The van der Waals surface area contributed by atoms with Crippen LogP contribution < -0.4 is 0 Å². The summed E-state index contributed by atoms with van der Waals surface area (Å²) in [5, 5.41) is 0. The molecule has 128 valence electrons. The van der Waals surface area contributed by atoms with Gasteiger partial charge in [-0.2, -0.15) is 0 Å². The first kappa shape index (κ1) is 15.7. The fourth-order valence-electron chi connectivity index (χ4n) is 3.14. The summed E-state index contributed by atoms with van der Waals surface area (Å²) < 4.78 is 18.5. The van der Waals surface area contributed by atoms with Crippen LogP contribution in [0.25, 0.3) is 0 Å². The molecule has 25 heavy (non-hydrogen) atoms. The van der Waals surface area contributed by atoms with Gasteiger partial charge in [-0.25, -0.2) is 4.39 Å². The predicted molar refractivity (Wildman–Crippen MR) is 85.5 cm³/mol. The number of ketones is 2. The Hall–Kier alpha value is -2.76. The molecule has 1 amide bonds. The molecule has 1 aliphatic carbocycles. The van der Waals surface area contributed by atoms with Crippen molar-refractivity contribution in [2.24, 2.45) is 5.92 Å². The number of rotatable bonds is 5. The topological polar surface area (TPSA) is 67.6 Å². The molecule has 2 fully saturated rings. The third-order valence-electron chi connectivity index (χ3n) is 4.67. The van der Waals surface area contributed by atoms with E-state index < -0.39 is 23.4 Å². The molecular formula is C19H16FNO4. The molecular weight excluding hydrogens is 325 g/mol. The Morgan fingerprint density at radius 1 is 1.12 bits per heavy atom. The maximum Gasteiger partial charge on any atom is 0.291 e. The standard InChI is InChI=1S/C19H16FNO4/c20-12-3-1-11(2-4-12)9-14-7-8-16(25-14)17(22)15-10-21(13-5-6-13)19(24)18(15)23/h1-4,7-8,13,15H,5-6,9-10H2. The number of furan rings is 1. The van der Waals surface area contributed by atoms with Gasteiger partial charge < -0.3 is 9.32 Å². The van der Waals surface area contributed by atoms with E-state index in [2.05, 4.69) is 0 Å². The summed E-state index contributed by atoms with van der Waals surface area (Å²) in [4.78, 5) is 38.1. The SMILES string of the molecule is O=C1C(=O)N(C2CC2)CC1C(=O)c1ccc(Cc2ccc(F)cc2)o1. The number of carbonyl (C=O) groups is 3. The molecule has 5 nitrogen and oxygen atoms in total. The van der Waals surface area contributed by atoms with Gasteiger partial charge in [-0.3, -0.25) is 14.4 Å². The van der Waals surface area contributed by atoms with Crippen molar-refractivity contribution in [2.75, 3.05) is 6.54 Å². The number of halogens is 1. The van der Waals surface area contributed by atoms with E-state index in [0.29, 0.717) is 12.2 Å². The lowest BCUT2D eigenvalue weighted by Gasteiger charge is -2.12. The highest BCUT2D eigenvalue weighted by atomic mass is 19.1. The quantitative estimate of drug-likeness (QED) is 0.476. The number of amides is 1. The molecule has 1 atom stereocenters. The van der Waals surface area contributed by atoms with Crippen LogP contribution in [0.3, 0.4) is 0 Å². The van der Waals surface area contributed by atoms with Crippen molar-refractivity contribution in [3.8, 4) is 0 Å². The van der Waals surface area contributed by atoms with E-state index >= 15 is 0 Å². The van der Waals surface area contributed by atoms with Crippen molar-refractivity contribution >= 4 is 17.5 Å². The van der Waals surface area contributed by atoms with Gasteiger partial charge in [-0.1, -0.05) is 12.1 Å². The third-order valence-corrected chi connectivity index (χ3v) is 4.67. The molecule has 1 saturated heterocycles. The van der Waals surface area contributed by atoms with E-state index in [1.165, 1.54) is 23.1 Å². The summed E-state index contributed by atoms with van der Waals surface area (Å²) in [6.07, 6.45) is 2.20. The maximum absolute atomic E-state index is 12.9. The fourth-order valence-corrected chi connectivity index (χ4v) is 3.14. The molecule has 6 heteroatoms. The van der Waals surface area contributed by atoms with Gasteiger partial charge in [0.05, 0.1) is 0 Å². The van der Waals surface area contributed by atoms with Crippen LogP contribution in [0.4, 0.5) is 4.39 Å². The largest absolute Gasteiger partial charge is 0.458 e. The van der Waals surface area contributed by atoms with Crippen LogP contribution in [0.5, 0.6) is 0 Å². The van der Waals surface area contributed by atoms with Crippen molar-refractivity contribution in [1.82, 2.24) is 4.90 Å². The minimum Gasteiger partial charge on any atom is -0.458 e. The number of hydrogen-bond donors (Lipinski definition) is 0. The lowest BCUT2D eigenvalue weighted by Crippen LogP contribution is -2.29. The van der Waals surface area contributed by atoms with Crippen molar-refractivity contribution in [3.05, 3.63) is 59.3 Å². The number of likely N-dealkylation sites (tertiary alicyclic amines) is 1. The van der Waals surface area contributed by atoms with Crippen LogP contribution in [0, 0.1) is 11.7 Å². The van der Waals surface area contributed by atoms with Crippen molar-refractivity contribution in [1.29, 1.82) is 0 Å². The lowest BCUT2D eigenvalue weighted by atomic mass is 10.0. The summed E-state index contributed by atoms with van der Waals surface area (Å²) in [5.41, 5.74) is 0.849. The zero-order valence-electron chi connectivity index (χ0n) is 13.4. The molecule has 1 aromatic heterocycles. The van der Waals surface area contributed by atoms with Gasteiger partial charge in [0.15, 0.2) is 5.76 Å². The average Bonchev–Trinajstić information content (AvgIpc) is 3.27. The second kappa shape index (κ2) is 5.95. The molecule has 4 rings (SSSR count). The fraction of sp³-hybridized carbons (Fsp3) is 0.316. The molecule has 2 aliphatic rings. The summed E-state index contributed by atoms with van der Waals surface area (Å²) in [6, 6.07) is 9.31. The first-order valence-corrected chi connectivity index (χ1v) is 8.25. The number of hydrogen-bond acceptors (Lipinski definition) is 4. The zero-order chi connectivity index (χ0) is 17.6. The Labute approximate surface area is 143 Å². The molecule has 2 aromatic rings. The highest BCUT2D eigenvalue weighted by Crippen LogP contribution is 2.32. The van der Waals surface area contributed by atoms with Crippen LogP contribution in [-0.2, 0) is 16.0 Å². The minimum absolute atomic E-state index is 0.0842. The Morgan fingerprint density at radius 3 is 2.52 bits per heavy atom. The molecule has 1 aliphatic heterocycles. The first-order valence-electron chi connectivity index (χ1n) is 8.25. The molecule has 0 radical (unpaired) electrons. The molecule has 1 aromatic carbocycles. The first-order chi connectivity index (χ1) is 12.0. The molecule has 1 unspecified atom stereocenters. The van der Waals surface area contributed by atoms with E-state index in [4.69, 9.17) is 4.42 Å². The van der Waals surface area contributed by atoms with Gasteiger partial charge in [0.2, 0.25) is 11.6 Å². The molecule has 0 N–H and O–H groups in total. The summed E-state index contributed by atoms with van der Waals surface area (Å²) in [7, 11) is 0. The average molecular weight is 341 g/mol. The Balaban J connectivity index is 1.48. The number of carbonyl (C=O) groups excluding carboxylic acids is 3. The predicted octanol–water partition coefficient (Wildman–Crippen LogP) is 2.38. The highest BCUT2D eigenvalue weighted by molar-refractivity contribution is 6.43. The van der Waals surface area contributed by atoms with E-state index in [0.717, 1.165) is 18.4 Å². The van der Waals surface area contributed by atoms with Crippen molar-refractivity contribution in [2.45, 2.75) is 25.3 Å². The molecule has 2 heterocycles. The van der Waals surface area contributed by atoms with Crippen LogP contribution in [0.15, 0.2) is 40.8 Å². The van der Waals surface area contributed by atoms with Crippen LogP contribution >= 0.6 is 0 Å². The van der Waals surface area contributed by atoms with Gasteiger partial charge >= 0.3 is 0 Å². The Morgan fingerprint density at radius 2 is 1.84 bits per heavy atom. The number of nitrogens with zero attached hydrogens (tertiary/aromatic N) is 1. The van der Waals surface area contributed by atoms with E-state index in [-0.39, 0.29) is 24.2 Å². The smallest absolute Gasteiger partial charge is 0.291 e. The number of Topliss-reactive ketones (excluding diaryl/α,β-unsaturated/α-hetero) is 2. The van der Waals surface area contributed by atoms with Gasteiger partial charge in [0, 0.05) is 19.0 Å². The van der Waals surface area contributed by atoms with Crippen molar-refractivity contribution < 1.29 is 23.2 Å². The monoisotopic (exact) mass is 341 g/mol. The van der Waals surface area contributed by atoms with E-state index in [1.807, 2.05) is 0 Å². The lowest BCUT2D eigenvalue weighted by molar-refractivity contribution is -0.140. The second-order valence-corrected chi connectivity index (χ2v) is 6.54. The number of benzene rings is 1. The van der Waals surface area contributed by atoms with Gasteiger partial charge in [-0.15, -0.1) is 0 Å². The molecule has 0 bridgehead atoms. The van der Waals surface area contributed by atoms with Gasteiger partial charge in [-0.05, 0) is 42.7 Å². The highest BCUT2D eigenvalue weighted by Gasteiger charge is 2.48. The molecule has 0 spiro atoms. The maximum atomic E-state index is 12.9.